The van der Waals surface area contributed by atoms with Gasteiger partial charge in [0.1, 0.15) is 0 Å². The molecule has 0 aromatic heterocycles. The zero-order chi connectivity index (χ0) is 9.68. The first-order chi connectivity index (χ1) is 6.31. The van der Waals surface area contributed by atoms with Gasteiger partial charge in [-0.2, -0.15) is 0 Å². The summed E-state index contributed by atoms with van der Waals surface area (Å²) in [5, 5.41) is 8.74. The van der Waals surface area contributed by atoms with Crippen LogP contribution in [0.4, 0.5) is 0 Å². The SMILES string of the molecule is COc1cc(CCO)ccc1O[13CH3]. The first-order valence-electron chi connectivity index (χ1n) is 4.13. The van der Waals surface area contributed by atoms with Crippen molar-refractivity contribution in [1.82, 2.24) is 0 Å². The van der Waals surface area contributed by atoms with Gasteiger partial charge in [-0.3, -0.25) is 0 Å². The molecule has 0 aliphatic carbocycles. The fraction of sp³-hybridized carbons (Fsp3) is 0.400. The van der Waals surface area contributed by atoms with Gasteiger partial charge in [-0.15, -0.1) is 0 Å². The summed E-state index contributed by atoms with van der Waals surface area (Å²) in [5.74, 6) is 1.41. The van der Waals surface area contributed by atoms with Crippen LogP contribution in [0.1, 0.15) is 5.56 Å². The number of hydrogen-bond acceptors (Lipinski definition) is 3. The van der Waals surface area contributed by atoms with Crippen molar-refractivity contribution in [3.63, 3.8) is 0 Å². The Morgan fingerprint density at radius 3 is 2.38 bits per heavy atom. The van der Waals surface area contributed by atoms with E-state index in [4.69, 9.17) is 14.6 Å². The van der Waals surface area contributed by atoms with Gasteiger partial charge in [0.25, 0.3) is 0 Å². The first-order valence-corrected chi connectivity index (χ1v) is 4.13. The Balaban J connectivity index is 2.91. The van der Waals surface area contributed by atoms with Crippen LogP contribution in [0.2, 0.25) is 0 Å². The Morgan fingerprint density at radius 1 is 1.15 bits per heavy atom. The van der Waals surface area contributed by atoms with Crippen LogP contribution in [0.25, 0.3) is 0 Å². The number of aliphatic hydroxyl groups excluding tert-OH is 1. The van der Waals surface area contributed by atoms with E-state index in [1.807, 2.05) is 18.2 Å². The summed E-state index contributed by atoms with van der Waals surface area (Å²) in [6.07, 6.45) is 0.639. The number of hydrogen-bond donors (Lipinski definition) is 1. The highest BCUT2D eigenvalue weighted by atomic mass is 16.5. The van der Waals surface area contributed by atoms with Gasteiger partial charge < -0.3 is 14.6 Å². The summed E-state index contributed by atoms with van der Waals surface area (Å²) in [4.78, 5) is 0. The molecule has 0 aliphatic rings. The molecule has 1 rings (SSSR count). The minimum Gasteiger partial charge on any atom is -0.493 e. The van der Waals surface area contributed by atoms with Crippen molar-refractivity contribution in [3.8, 4) is 11.5 Å². The highest BCUT2D eigenvalue weighted by molar-refractivity contribution is 5.42. The predicted octanol–water partition coefficient (Wildman–Crippen LogP) is 1.24. The highest BCUT2D eigenvalue weighted by Crippen LogP contribution is 2.27. The van der Waals surface area contributed by atoms with Crippen LogP contribution in [-0.2, 0) is 6.42 Å². The zero-order valence-corrected chi connectivity index (χ0v) is 7.91. The van der Waals surface area contributed by atoms with Gasteiger partial charge in [0, 0.05) is 6.61 Å². The molecule has 1 aromatic carbocycles. The van der Waals surface area contributed by atoms with Crippen LogP contribution in [0.15, 0.2) is 18.2 Å². The molecule has 0 saturated carbocycles. The van der Waals surface area contributed by atoms with Crippen molar-refractivity contribution in [2.45, 2.75) is 6.42 Å². The average molecular weight is 183 g/mol. The molecule has 1 aromatic rings. The lowest BCUT2D eigenvalue weighted by molar-refractivity contribution is 0.299. The second-order valence-corrected chi connectivity index (χ2v) is 2.66. The molecule has 0 atom stereocenters. The maximum Gasteiger partial charge on any atom is 0.160 e. The van der Waals surface area contributed by atoms with E-state index < -0.39 is 0 Å². The number of aliphatic hydroxyl groups is 1. The third-order valence-electron chi connectivity index (χ3n) is 1.85. The Labute approximate surface area is 77.9 Å². The Hall–Kier alpha value is -1.22. The smallest absolute Gasteiger partial charge is 0.160 e. The van der Waals surface area contributed by atoms with Gasteiger partial charge in [-0.1, -0.05) is 6.07 Å². The molecule has 0 amide bonds. The van der Waals surface area contributed by atoms with Gasteiger partial charge in [-0.25, -0.2) is 0 Å². The molecule has 0 spiro atoms. The summed E-state index contributed by atoms with van der Waals surface area (Å²) in [7, 11) is 3.20. The molecule has 3 nitrogen and oxygen atoms in total. The van der Waals surface area contributed by atoms with Crippen LogP contribution in [-0.4, -0.2) is 25.9 Å². The monoisotopic (exact) mass is 183 g/mol. The molecule has 1 N–H and O–H groups in total. The van der Waals surface area contributed by atoms with Crippen LogP contribution >= 0.6 is 0 Å². The molecular weight excluding hydrogens is 169 g/mol. The predicted molar refractivity (Wildman–Crippen MR) is 50.3 cm³/mol. The molecule has 0 radical (unpaired) electrons. The summed E-state index contributed by atoms with van der Waals surface area (Å²) < 4.78 is 10.2. The van der Waals surface area contributed by atoms with E-state index in [2.05, 4.69) is 0 Å². The lowest BCUT2D eigenvalue weighted by Crippen LogP contribution is -1.94. The topological polar surface area (TPSA) is 38.7 Å². The zero-order valence-electron chi connectivity index (χ0n) is 7.91. The Morgan fingerprint density at radius 2 is 1.85 bits per heavy atom. The lowest BCUT2D eigenvalue weighted by Gasteiger charge is -2.08. The van der Waals surface area contributed by atoms with Gasteiger partial charge in [0.05, 0.1) is 14.2 Å². The third kappa shape index (κ3) is 2.36. The summed E-state index contributed by atoms with van der Waals surface area (Å²) in [6, 6.07) is 5.62. The van der Waals surface area contributed by atoms with Crippen molar-refractivity contribution >= 4 is 0 Å². The van der Waals surface area contributed by atoms with Crippen molar-refractivity contribution < 1.29 is 14.6 Å². The van der Waals surface area contributed by atoms with Gasteiger partial charge in [0.2, 0.25) is 0 Å². The molecule has 3 heteroatoms. The maximum atomic E-state index is 8.74. The average Bonchev–Trinajstić information content (AvgIpc) is 2.18. The second kappa shape index (κ2) is 4.72. The lowest BCUT2D eigenvalue weighted by atomic mass is 10.1. The molecular formula is C10H14O3. The summed E-state index contributed by atoms with van der Waals surface area (Å²) in [5.41, 5.74) is 1.04. The molecule has 13 heavy (non-hydrogen) atoms. The molecule has 0 bridgehead atoms. The number of ether oxygens (including phenoxy) is 2. The Bertz CT molecular complexity index is 271. The van der Waals surface area contributed by atoms with Crippen molar-refractivity contribution in [1.29, 1.82) is 0 Å². The van der Waals surface area contributed by atoms with Crippen LogP contribution in [0, 0.1) is 0 Å². The summed E-state index contributed by atoms with van der Waals surface area (Å²) in [6.45, 7) is 0.148. The number of rotatable bonds is 4. The van der Waals surface area contributed by atoms with Crippen LogP contribution in [0.3, 0.4) is 0 Å². The van der Waals surface area contributed by atoms with E-state index in [-0.39, 0.29) is 6.61 Å². The van der Waals surface area contributed by atoms with Gasteiger partial charge >= 0.3 is 0 Å². The molecule has 0 heterocycles. The van der Waals surface area contributed by atoms with E-state index >= 15 is 0 Å². The largest absolute Gasteiger partial charge is 0.493 e. The number of methoxy groups -OCH3 is 2. The van der Waals surface area contributed by atoms with Gasteiger partial charge in [0.15, 0.2) is 11.5 Å². The minimum absolute atomic E-state index is 0.148. The molecule has 0 fully saturated rings. The second-order valence-electron chi connectivity index (χ2n) is 2.66. The summed E-state index contributed by atoms with van der Waals surface area (Å²) >= 11 is 0. The number of benzene rings is 1. The van der Waals surface area contributed by atoms with Crippen molar-refractivity contribution in [2.75, 3.05) is 20.8 Å². The third-order valence-corrected chi connectivity index (χ3v) is 1.85. The van der Waals surface area contributed by atoms with E-state index in [9.17, 15) is 0 Å². The van der Waals surface area contributed by atoms with Gasteiger partial charge in [-0.05, 0) is 24.1 Å². The Kier molecular flexibility index (Phi) is 3.58. The molecule has 0 unspecified atom stereocenters. The molecule has 0 saturated heterocycles. The fourth-order valence-electron chi connectivity index (χ4n) is 1.17. The standard InChI is InChI=1S/C10H14O3/c1-12-9-4-3-8(5-6-11)7-10(9)13-2/h3-4,7,11H,5-6H2,1-2H3/i1+1. The highest BCUT2D eigenvalue weighted by Gasteiger charge is 2.03. The maximum absolute atomic E-state index is 8.74. The van der Waals surface area contributed by atoms with Crippen LogP contribution < -0.4 is 9.47 Å². The molecule has 72 valence electrons. The van der Waals surface area contributed by atoms with Crippen molar-refractivity contribution in [3.05, 3.63) is 23.8 Å². The first kappa shape index (κ1) is 9.86. The van der Waals surface area contributed by atoms with E-state index in [0.29, 0.717) is 17.9 Å². The minimum atomic E-state index is 0.148. The quantitative estimate of drug-likeness (QED) is 0.714. The van der Waals surface area contributed by atoms with Crippen molar-refractivity contribution in [2.24, 2.45) is 0 Å². The normalized spacial score (nSPS) is 9.77. The van der Waals surface area contributed by atoms with E-state index in [1.165, 1.54) is 0 Å². The fourth-order valence-corrected chi connectivity index (χ4v) is 1.17. The van der Waals surface area contributed by atoms with Crippen LogP contribution in [0.5, 0.6) is 11.5 Å². The van der Waals surface area contributed by atoms with E-state index in [0.717, 1.165) is 5.56 Å². The molecule has 0 aliphatic heterocycles. The van der Waals surface area contributed by atoms with E-state index in [1.54, 1.807) is 14.2 Å².